The van der Waals surface area contributed by atoms with Crippen molar-refractivity contribution in [2.24, 2.45) is 5.84 Å². The summed E-state index contributed by atoms with van der Waals surface area (Å²) in [7, 11) is 0. The van der Waals surface area contributed by atoms with Gasteiger partial charge < -0.3 is 4.74 Å². The van der Waals surface area contributed by atoms with Gasteiger partial charge in [-0.05, 0) is 43.5 Å². The Balaban J connectivity index is 2.57. The molecule has 96 valence electrons. The maximum Gasteiger partial charge on any atom is 0.126 e. The van der Waals surface area contributed by atoms with Gasteiger partial charge in [0.2, 0.25) is 0 Å². The summed E-state index contributed by atoms with van der Waals surface area (Å²) in [4.78, 5) is 0. The van der Waals surface area contributed by atoms with E-state index in [1.165, 1.54) is 6.07 Å². The van der Waals surface area contributed by atoms with Crippen molar-refractivity contribution in [2.45, 2.75) is 25.8 Å². The van der Waals surface area contributed by atoms with Crippen molar-refractivity contribution < 1.29 is 13.5 Å². The van der Waals surface area contributed by atoms with Gasteiger partial charge in [0.25, 0.3) is 0 Å². The summed E-state index contributed by atoms with van der Waals surface area (Å²) in [5.41, 5.74) is 2.91. The van der Waals surface area contributed by atoms with Crippen LogP contribution in [-0.2, 0) is 11.2 Å². The van der Waals surface area contributed by atoms with Crippen molar-refractivity contribution in [1.29, 1.82) is 0 Å². The number of hydrogen-bond acceptors (Lipinski definition) is 3. The van der Waals surface area contributed by atoms with Crippen molar-refractivity contribution in [3.8, 4) is 0 Å². The number of hydrogen-bond donors (Lipinski definition) is 2. The van der Waals surface area contributed by atoms with Gasteiger partial charge in [-0.1, -0.05) is 0 Å². The molecule has 3 nitrogen and oxygen atoms in total. The molecule has 0 aromatic heterocycles. The average Bonchev–Trinajstić information content (AvgIpc) is 2.32. The fraction of sp³-hybridized carbons (Fsp3) is 0.500. The fourth-order valence-electron chi connectivity index (χ4n) is 1.58. The highest BCUT2D eigenvalue weighted by Crippen LogP contribution is 2.13. The topological polar surface area (TPSA) is 47.3 Å². The number of nitrogens with two attached hydrogens (primary N) is 1. The van der Waals surface area contributed by atoms with Gasteiger partial charge in [-0.25, -0.2) is 8.78 Å². The molecule has 1 aromatic carbocycles. The van der Waals surface area contributed by atoms with Gasteiger partial charge in [0, 0.05) is 19.3 Å². The summed E-state index contributed by atoms with van der Waals surface area (Å²) in [6, 6.07) is 3.29. The first-order valence-electron chi connectivity index (χ1n) is 5.65. The van der Waals surface area contributed by atoms with Gasteiger partial charge in [0.15, 0.2) is 0 Å². The molecule has 1 aromatic rings. The third kappa shape index (κ3) is 4.77. The molecule has 1 unspecified atom stereocenters. The van der Waals surface area contributed by atoms with Crippen molar-refractivity contribution >= 4 is 0 Å². The van der Waals surface area contributed by atoms with Crippen LogP contribution in [0.25, 0.3) is 0 Å². The first kappa shape index (κ1) is 14.0. The zero-order chi connectivity index (χ0) is 12.7. The molecule has 1 atom stereocenters. The van der Waals surface area contributed by atoms with Gasteiger partial charge in [-0.2, -0.15) is 0 Å². The maximum atomic E-state index is 13.4. The second-order valence-electron chi connectivity index (χ2n) is 3.79. The summed E-state index contributed by atoms with van der Waals surface area (Å²) < 4.78 is 31.5. The number of halogens is 2. The first-order valence-corrected chi connectivity index (χ1v) is 5.65. The molecule has 0 saturated heterocycles. The lowest BCUT2D eigenvalue weighted by molar-refractivity contribution is 0.136. The molecule has 0 spiro atoms. The Morgan fingerprint density at radius 1 is 1.41 bits per heavy atom. The van der Waals surface area contributed by atoms with Gasteiger partial charge in [0.1, 0.15) is 11.6 Å². The van der Waals surface area contributed by atoms with Crippen molar-refractivity contribution in [3.05, 3.63) is 35.4 Å². The number of benzene rings is 1. The van der Waals surface area contributed by atoms with Gasteiger partial charge in [-0.15, -0.1) is 0 Å². The van der Waals surface area contributed by atoms with Crippen LogP contribution in [0.3, 0.4) is 0 Å². The predicted molar refractivity (Wildman–Crippen MR) is 62.3 cm³/mol. The molecule has 0 bridgehead atoms. The van der Waals surface area contributed by atoms with E-state index in [2.05, 4.69) is 5.43 Å². The van der Waals surface area contributed by atoms with Crippen molar-refractivity contribution in [3.63, 3.8) is 0 Å². The lowest BCUT2D eigenvalue weighted by atomic mass is 10.0. The number of nitrogens with one attached hydrogen (secondary N) is 1. The minimum absolute atomic E-state index is 0.127. The standard InChI is InChI=1S/C12H18F2N2O/c1-2-17-6-5-11(16-15)8-9-7-10(13)3-4-12(9)14/h3-4,7,11,16H,2,5-6,8,15H2,1H3. The molecule has 0 radical (unpaired) electrons. The van der Waals surface area contributed by atoms with Crippen LogP contribution >= 0.6 is 0 Å². The minimum Gasteiger partial charge on any atom is -0.382 e. The Bertz CT molecular complexity index is 347. The number of hydrazine groups is 1. The van der Waals surface area contributed by atoms with Crippen LogP contribution in [0.4, 0.5) is 8.78 Å². The molecule has 5 heteroatoms. The molecule has 0 aliphatic rings. The van der Waals surface area contributed by atoms with E-state index >= 15 is 0 Å². The monoisotopic (exact) mass is 244 g/mol. The average molecular weight is 244 g/mol. The van der Waals surface area contributed by atoms with Crippen LogP contribution in [0.15, 0.2) is 18.2 Å². The van der Waals surface area contributed by atoms with Crippen LogP contribution in [0.5, 0.6) is 0 Å². The molecule has 0 amide bonds. The zero-order valence-electron chi connectivity index (χ0n) is 9.88. The quantitative estimate of drug-likeness (QED) is 0.436. The maximum absolute atomic E-state index is 13.4. The highest BCUT2D eigenvalue weighted by Gasteiger charge is 2.11. The third-order valence-corrected chi connectivity index (χ3v) is 2.52. The van der Waals surface area contributed by atoms with E-state index in [-0.39, 0.29) is 6.04 Å². The molecule has 0 saturated carbocycles. The largest absolute Gasteiger partial charge is 0.382 e. The second-order valence-corrected chi connectivity index (χ2v) is 3.79. The fourth-order valence-corrected chi connectivity index (χ4v) is 1.58. The zero-order valence-corrected chi connectivity index (χ0v) is 9.88. The second kappa shape index (κ2) is 7.32. The molecule has 0 aliphatic heterocycles. The number of rotatable bonds is 7. The van der Waals surface area contributed by atoms with E-state index in [4.69, 9.17) is 10.6 Å². The third-order valence-electron chi connectivity index (χ3n) is 2.52. The molecule has 1 rings (SSSR count). The molecule has 0 fully saturated rings. The normalized spacial score (nSPS) is 12.7. The summed E-state index contributed by atoms with van der Waals surface area (Å²) in [6.45, 7) is 3.07. The molecular formula is C12H18F2N2O. The summed E-state index contributed by atoms with van der Waals surface area (Å²) in [5, 5.41) is 0. The van der Waals surface area contributed by atoms with Crippen LogP contribution in [0.1, 0.15) is 18.9 Å². The Kier molecular flexibility index (Phi) is 6.04. The Morgan fingerprint density at radius 3 is 2.82 bits per heavy atom. The molecule has 0 heterocycles. The van der Waals surface area contributed by atoms with Crippen LogP contribution in [0.2, 0.25) is 0 Å². The SMILES string of the molecule is CCOCCC(Cc1cc(F)ccc1F)NN. The molecule has 3 N–H and O–H groups in total. The highest BCUT2D eigenvalue weighted by molar-refractivity contribution is 5.19. The predicted octanol–water partition coefficient (Wildman–Crippen LogP) is 1.77. The minimum atomic E-state index is -0.443. The van der Waals surface area contributed by atoms with Crippen LogP contribution < -0.4 is 11.3 Å². The Hall–Kier alpha value is -1.04. The van der Waals surface area contributed by atoms with E-state index in [1.54, 1.807) is 0 Å². The van der Waals surface area contributed by atoms with Crippen molar-refractivity contribution in [2.75, 3.05) is 13.2 Å². The lowest BCUT2D eigenvalue weighted by Gasteiger charge is -2.16. The summed E-state index contributed by atoms with van der Waals surface area (Å²) in [6.07, 6.45) is 0.994. The van der Waals surface area contributed by atoms with E-state index in [0.717, 1.165) is 12.1 Å². The highest BCUT2D eigenvalue weighted by atomic mass is 19.1. The van der Waals surface area contributed by atoms with Gasteiger partial charge in [0.05, 0.1) is 0 Å². The van der Waals surface area contributed by atoms with Crippen LogP contribution in [-0.4, -0.2) is 19.3 Å². The Morgan fingerprint density at radius 2 is 2.18 bits per heavy atom. The summed E-state index contributed by atoms with van der Waals surface area (Å²) in [5.74, 6) is 4.51. The number of ether oxygens (including phenoxy) is 1. The van der Waals surface area contributed by atoms with E-state index in [0.29, 0.717) is 31.6 Å². The van der Waals surface area contributed by atoms with Crippen molar-refractivity contribution in [1.82, 2.24) is 5.43 Å². The molecule has 17 heavy (non-hydrogen) atoms. The van der Waals surface area contributed by atoms with E-state index < -0.39 is 11.6 Å². The van der Waals surface area contributed by atoms with Gasteiger partial charge >= 0.3 is 0 Å². The molecule has 0 aliphatic carbocycles. The first-order chi connectivity index (χ1) is 8.17. The van der Waals surface area contributed by atoms with Crippen LogP contribution in [0, 0.1) is 11.6 Å². The smallest absolute Gasteiger partial charge is 0.126 e. The lowest BCUT2D eigenvalue weighted by Crippen LogP contribution is -2.37. The van der Waals surface area contributed by atoms with E-state index in [1.807, 2.05) is 6.92 Å². The summed E-state index contributed by atoms with van der Waals surface area (Å²) >= 11 is 0. The van der Waals surface area contributed by atoms with E-state index in [9.17, 15) is 8.78 Å². The Labute approximate surface area is 99.9 Å². The van der Waals surface area contributed by atoms with Gasteiger partial charge in [-0.3, -0.25) is 11.3 Å². The molecular weight excluding hydrogens is 226 g/mol.